The first-order valence-electron chi connectivity index (χ1n) is 14.4. The maximum Gasteiger partial charge on any atom is 0.243 e. The summed E-state index contributed by atoms with van der Waals surface area (Å²) < 4.78 is 0. The van der Waals surface area contributed by atoms with Crippen LogP contribution in [0.1, 0.15) is 51.0 Å². The lowest BCUT2D eigenvalue weighted by Gasteiger charge is -2.27. The van der Waals surface area contributed by atoms with Gasteiger partial charge in [0.25, 0.3) is 0 Å². The third kappa shape index (κ3) is 10.5. The van der Waals surface area contributed by atoms with Crippen molar-refractivity contribution in [2.24, 2.45) is 11.7 Å². The highest BCUT2D eigenvalue weighted by molar-refractivity contribution is 7.80. The Morgan fingerprint density at radius 1 is 0.810 bits per heavy atom. The molecule has 0 saturated heterocycles. The molecule has 1 saturated carbocycles. The standard InChI is InChI=1S/C31H41N5O5S/c1-20(29(32)39)34-31(41)25(16-21-8-4-2-5-9-21)35-28(38)18-33-30(40)26(19-42)36-27(37)17-22-12-14-24(15-13-22)23-10-6-3-7-11-23/h3,6-7,10-15,20-21,25-26,42H,2,4-5,8-9,16-19H2,1H3,(H2,32,39)(H,33,40)(H,34,41)(H,35,38)(H,36,37)/t20-,25-,26-/m0/s1. The highest BCUT2D eigenvalue weighted by atomic mass is 32.1. The van der Waals surface area contributed by atoms with Gasteiger partial charge in [-0.25, -0.2) is 0 Å². The van der Waals surface area contributed by atoms with Gasteiger partial charge >= 0.3 is 0 Å². The van der Waals surface area contributed by atoms with Crippen LogP contribution in [-0.2, 0) is 30.4 Å². The number of benzene rings is 2. The predicted octanol–water partition coefficient (Wildman–Crippen LogP) is 1.87. The topological polar surface area (TPSA) is 159 Å². The van der Waals surface area contributed by atoms with Crippen LogP contribution in [0.25, 0.3) is 11.1 Å². The second-order valence-electron chi connectivity index (χ2n) is 10.8. The minimum Gasteiger partial charge on any atom is -0.368 e. The zero-order valence-electron chi connectivity index (χ0n) is 23.9. The van der Waals surface area contributed by atoms with E-state index in [1.807, 2.05) is 54.6 Å². The normalized spacial score (nSPS) is 15.5. The highest BCUT2D eigenvalue weighted by Gasteiger charge is 2.28. The van der Waals surface area contributed by atoms with Gasteiger partial charge < -0.3 is 27.0 Å². The van der Waals surface area contributed by atoms with Crippen molar-refractivity contribution in [1.29, 1.82) is 0 Å². The number of rotatable bonds is 14. The summed E-state index contributed by atoms with van der Waals surface area (Å²) in [6.07, 6.45) is 5.71. The first-order chi connectivity index (χ1) is 20.2. The number of nitrogens with two attached hydrogens (primary N) is 1. The van der Waals surface area contributed by atoms with Crippen LogP contribution in [0.3, 0.4) is 0 Å². The lowest BCUT2D eigenvalue weighted by atomic mass is 9.84. The van der Waals surface area contributed by atoms with E-state index < -0.39 is 41.8 Å². The summed E-state index contributed by atoms with van der Waals surface area (Å²) >= 11 is 4.19. The van der Waals surface area contributed by atoms with E-state index in [0.29, 0.717) is 6.42 Å². The fourth-order valence-electron chi connectivity index (χ4n) is 4.98. The maximum absolute atomic E-state index is 12.8. The molecule has 0 unspecified atom stereocenters. The van der Waals surface area contributed by atoms with E-state index in [1.54, 1.807) is 0 Å². The quantitative estimate of drug-likeness (QED) is 0.184. The first kappa shape index (κ1) is 32.7. The maximum atomic E-state index is 12.8. The molecule has 0 bridgehead atoms. The lowest BCUT2D eigenvalue weighted by molar-refractivity contribution is -0.132. The Morgan fingerprint density at radius 2 is 1.43 bits per heavy atom. The van der Waals surface area contributed by atoms with Gasteiger partial charge in [0.05, 0.1) is 13.0 Å². The Hall–Kier alpha value is -3.86. The van der Waals surface area contributed by atoms with Crippen LogP contribution >= 0.6 is 12.6 Å². The first-order valence-corrected chi connectivity index (χ1v) is 15.0. The Balaban J connectivity index is 1.50. The zero-order chi connectivity index (χ0) is 30.5. The molecule has 0 radical (unpaired) electrons. The summed E-state index contributed by atoms with van der Waals surface area (Å²) in [7, 11) is 0. The summed E-state index contributed by atoms with van der Waals surface area (Å²) in [4.78, 5) is 62.4. The molecule has 0 aromatic heterocycles. The number of nitrogens with one attached hydrogen (secondary N) is 4. The number of primary amides is 1. The number of hydrogen-bond donors (Lipinski definition) is 6. The Bertz CT molecular complexity index is 1220. The second kappa shape index (κ2) is 16.5. The van der Waals surface area contributed by atoms with E-state index in [1.165, 1.54) is 6.92 Å². The molecule has 3 atom stereocenters. The monoisotopic (exact) mass is 595 g/mol. The van der Waals surface area contributed by atoms with Crippen LogP contribution in [0.4, 0.5) is 0 Å². The number of carbonyl (C=O) groups excluding carboxylic acids is 5. The molecule has 226 valence electrons. The highest BCUT2D eigenvalue weighted by Crippen LogP contribution is 2.27. The average Bonchev–Trinajstić information content (AvgIpc) is 2.99. The molecular formula is C31H41N5O5S. The summed E-state index contributed by atoms with van der Waals surface area (Å²) in [5.41, 5.74) is 8.17. The van der Waals surface area contributed by atoms with Gasteiger partial charge in [-0.05, 0) is 36.0 Å². The Morgan fingerprint density at radius 3 is 2.05 bits per heavy atom. The van der Waals surface area contributed by atoms with Gasteiger partial charge in [0.15, 0.2) is 0 Å². The van der Waals surface area contributed by atoms with Crippen molar-refractivity contribution in [2.75, 3.05) is 12.3 Å². The third-order valence-corrected chi connectivity index (χ3v) is 7.78. The number of amides is 5. The lowest BCUT2D eigenvalue weighted by Crippen LogP contribution is -2.55. The van der Waals surface area contributed by atoms with Crippen LogP contribution in [0.5, 0.6) is 0 Å². The SMILES string of the molecule is C[C@H](NC(=O)[C@H](CC1CCCCC1)NC(=O)CNC(=O)[C@H](CS)NC(=O)Cc1ccc(-c2ccccc2)cc1)C(N)=O. The molecule has 0 heterocycles. The van der Waals surface area contributed by atoms with Gasteiger partial charge in [-0.3, -0.25) is 24.0 Å². The van der Waals surface area contributed by atoms with E-state index in [4.69, 9.17) is 5.73 Å². The summed E-state index contributed by atoms with van der Waals surface area (Å²) in [5.74, 6) is -2.35. The smallest absolute Gasteiger partial charge is 0.243 e. The van der Waals surface area contributed by atoms with Crippen LogP contribution in [0.15, 0.2) is 54.6 Å². The van der Waals surface area contributed by atoms with E-state index in [9.17, 15) is 24.0 Å². The van der Waals surface area contributed by atoms with Gasteiger partial charge in [0.2, 0.25) is 29.5 Å². The van der Waals surface area contributed by atoms with Gasteiger partial charge in [0, 0.05) is 5.75 Å². The van der Waals surface area contributed by atoms with E-state index in [0.717, 1.165) is 48.8 Å². The summed E-state index contributed by atoms with van der Waals surface area (Å²) in [6, 6.07) is 14.8. The van der Waals surface area contributed by atoms with Crippen LogP contribution in [-0.4, -0.2) is 60.0 Å². The largest absolute Gasteiger partial charge is 0.368 e. The van der Waals surface area contributed by atoms with Gasteiger partial charge in [-0.15, -0.1) is 0 Å². The zero-order valence-corrected chi connectivity index (χ0v) is 24.8. The molecule has 2 aromatic carbocycles. The van der Waals surface area contributed by atoms with Crippen molar-refractivity contribution < 1.29 is 24.0 Å². The summed E-state index contributed by atoms with van der Waals surface area (Å²) in [6.45, 7) is 1.09. The predicted molar refractivity (Wildman–Crippen MR) is 164 cm³/mol. The number of carbonyl (C=O) groups is 5. The van der Waals surface area contributed by atoms with Crippen molar-refractivity contribution >= 4 is 42.2 Å². The summed E-state index contributed by atoms with van der Waals surface area (Å²) in [5, 5.41) is 10.4. The molecule has 1 aliphatic rings. The molecule has 42 heavy (non-hydrogen) atoms. The van der Waals surface area contributed by atoms with Crippen LogP contribution in [0, 0.1) is 5.92 Å². The molecule has 5 amide bonds. The van der Waals surface area contributed by atoms with Crippen LogP contribution in [0.2, 0.25) is 0 Å². The molecule has 0 spiro atoms. The molecule has 3 rings (SSSR count). The van der Waals surface area contributed by atoms with Gasteiger partial charge in [0.1, 0.15) is 18.1 Å². The molecule has 1 aliphatic carbocycles. The average molecular weight is 596 g/mol. The van der Waals surface area contributed by atoms with Crippen molar-refractivity contribution in [3.05, 3.63) is 60.2 Å². The van der Waals surface area contributed by atoms with E-state index in [-0.39, 0.29) is 30.5 Å². The fraction of sp³-hybridized carbons (Fsp3) is 0.452. The van der Waals surface area contributed by atoms with Crippen molar-refractivity contribution in [2.45, 2.75) is 70.0 Å². The molecule has 11 heteroatoms. The molecule has 2 aromatic rings. The van der Waals surface area contributed by atoms with Crippen molar-refractivity contribution in [3.63, 3.8) is 0 Å². The number of thiol groups is 1. The fourth-order valence-corrected chi connectivity index (χ4v) is 5.24. The Kier molecular flexibility index (Phi) is 12.9. The minimum absolute atomic E-state index is 0.0316. The third-order valence-electron chi connectivity index (χ3n) is 7.41. The molecule has 1 fully saturated rings. The van der Waals surface area contributed by atoms with E-state index >= 15 is 0 Å². The Labute approximate surface area is 252 Å². The molecule has 0 aliphatic heterocycles. The minimum atomic E-state index is -0.949. The molecular weight excluding hydrogens is 554 g/mol. The number of hydrogen-bond acceptors (Lipinski definition) is 6. The van der Waals surface area contributed by atoms with Crippen LogP contribution < -0.4 is 27.0 Å². The second-order valence-corrected chi connectivity index (χ2v) is 11.1. The molecule has 6 N–H and O–H groups in total. The van der Waals surface area contributed by atoms with Crippen molar-refractivity contribution in [1.82, 2.24) is 21.3 Å². The van der Waals surface area contributed by atoms with Gasteiger partial charge in [-0.1, -0.05) is 86.7 Å². The molecule has 10 nitrogen and oxygen atoms in total. The van der Waals surface area contributed by atoms with Gasteiger partial charge in [-0.2, -0.15) is 12.6 Å². The van der Waals surface area contributed by atoms with E-state index in [2.05, 4.69) is 33.9 Å². The van der Waals surface area contributed by atoms with Crippen molar-refractivity contribution in [3.8, 4) is 11.1 Å².